The Hall–Kier alpha value is -0.0600. The second kappa shape index (κ2) is 4.64. The molecule has 0 bridgehead atoms. The van der Waals surface area contributed by atoms with Crippen LogP contribution in [0.3, 0.4) is 0 Å². The minimum Gasteiger partial charge on any atom is -0.271 e. The summed E-state index contributed by atoms with van der Waals surface area (Å²) < 4.78 is 3.34. The zero-order valence-corrected chi connectivity index (χ0v) is 10.8. The predicted molar refractivity (Wildman–Crippen MR) is 66.1 cm³/mol. The van der Waals surface area contributed by atoms with E-state index in [1.165, 1.54) is 29.3 Å². The summed E-state index contributed by atoms with van der Waals surface area (Å²) in [4.78, 5) is 0. The number of aromatic nitrogens is 2. The minimum atomic E-state index is 0.863. The summed E-state index contributed by atoms with van der Waals surface area (Å²) >= 11 is 2.31. The Morgan fingerprint density at radius 1 is 1.43 bits per heavy atom. The van der Waals surface area contributed by atoms with E-state index < -0.39 is 0 Å². The van der Waals surface area contributed by atoms with Crippen LogP contribution in [-0.2, 0) is 6.54 Å². The van der Waals surface area contributed by atoms with Gasteiger partial charge in [0, 0.05) is 12.7 Å². The molecule has 2 nitrogen and oxygen atoms in total. The molecule has 0 unspecified atom stereocenters. The highest BCUT2D eigenvalue weighted by Crippen LogP contribution is 2.29. The van der Waals surface area contributed by atoms with Crippen LogP contribution < -0.4 is 0 Å². The van der Waals surface area contributed by atoms with E-state index in [4.69, 9.17) is 0 Å². The molecule has 0 saturated heterocycles. The molecule has 78 valence electrons. The first-order valence-corrected chi connectivity index (χ1v) is 6.50. The molecular formula is C11H17IN2. The molecule has 0 N–H and O–H groups in total. The van der Waals surface area contributed by atoms with Gasteiger partial charge in [0.05, 0.1) is 9.77 Å². The van der Waals surface area contributed by atoms with Gasteiger partial charge >= 0.3 is 0 Å². The lowest BCUT2D eigenvalue weighted by molar-refractivity contribution is 0.258. The van der Waals surface area contributed by atoms with Crippen LogP contribution in [0.1, 0.15) is 32.6 Å². The molecule has 1 aliphatic rings. The van der Waals surface area contributed by atoms with Gasteiger partial charge in [-0.2, -0.15) is 5.10 Å². The molecule has 3 heteroatoms. The van der Waals surface area contributed by atoms with Crippen LogP contribution in [0.2, 0.25) is 0 Å². The van der Waals surface area contributed by atoms with Gasteiger partial charge in [0.2, 0.25) is 0 Å². The van der Waals surface area contributed by atoms with Crippen LogP contribution in [0.15, 0.2) is 12.4 Å². The van der Waals surface area contributed by atoms with E-state index in [-0.39, 0.29) is 0 Å². The van der Waals surface area contributed by atoms with Crippen molar-refractivity contribution in [3.8, 4) is 0 Å². The van der Waals surface area contributed by atoms with Crippen LogP contribution in [0.5, 0.6) is 0 Å². The fourth-order valence-electron chi connectivity index (χ4n) is 2.21. The molecule has 1 aromatic heterocycles. The Morgan fingerprint density at radius 3 is 2.71 bits per heavy atom. The molecule has 14 heavy (non-hydrogen) atoms. The van der Waals surface area contributed by atoms with Crippen molar-refractivity contribution in [2.45, 2.75) is 39.2 Å². The lowest BCUT2D eigenvalue weighted by Crippen LogP contribution is -2.17. The molecule has 0 spiro atoms. The van der Waals surface area contributed by atoms with Crippen molar-refractivity contribution in [2.75, 3.05) is 0 Å². The maximum atomic E-state index is 4.34. The molecule has 0 radical (unpaired) electrons. The summed E-state index contributed by atoms with van der Waals surface area (Å²) in [6, 6.07) is 0. The van der Waals surface area contributed by atoms with E-state index >= 15 is 0 Å². The molecule has 1 heterocycles. The van der Waals surface area contributed by atoms with Gasteiger partial charge in [0.1, 0.15) is 0 Å². The van der Waals surface area contributed by atoms with Crippen LogP contribution >= 0.6 is 22.6 Å². The van der Waals surface area contributed by atoms with E-state index in [1.807, 2.05) is 6.20 Å². The van der Waals surface area contributed by atoms with Crippen molar-refractivity contribution in [3.63, 3.8) is 0 Å². The second-order valence-electron chi connectivity index (χ2n) is 4.51. The maximum Gasteiger partial charge on any atom is 0.0623 e. The number of nitrogens with zero attached hydrogens (tertiary/aromatic N) is 2. The minimum absolute atomic E-state index is 0.863. The zero-order chi connectivity index (χ0) is 9.97. The summed E-state index contributed by atoms with van der Waals surface area (Å²) in [7, 11) is 0. The fourth-order valence-corrected chi connectivity index (χ4v) is 2.66. The molecule has 0 aliphatic heterocycles. The van der Waals surface area contributed by atoms with E-state index in [2.05, 4.69) is 45.5 Å². The standard InChI is InChI=1S/C11H17IN2/c1-9-2-4-10(5-3-9)7-14-8-11(12)6-13-14/h6,8-10H,2-5,7H2,1H3. The first-order chi connectivity index (χ1) is 6.74. The van der Waals surface area contributed by atoms with E-state index in [0.29, 0.717) is 0 Å². The Kier molecular flexibility index (Phi) is 3.47. The Labute approximate surface area is 99.2 Å². The summed E-state index contributed by atoms with van der Waals surface area (Å²) in [5, 5.41) is 4.34. The molecule has 0 atom stereocenters. The van der Waals surface area contributed by atoms with Crippen molar-refractivity contribution in [1.82, 2.24) is 9.78 Å². The molecule has 0 aromatic carbocycles. The van der Waals surface area contributed by atoms with E-state index in [1.54, 1.807) is 0 Å². The molecule has 1 aromatic rings. The quantitative estimate of drug-likeness (QED) is 0.767. The molecule has 1 fully saturated rings. The highest BCUT2D eigenvalue weighted by molar-refractivity contribution is 14.1. The van der Waals surface area contributed by atoms with Gasteiger partial charge in [0.15, 0.2) is 0 Å². The van der Waals surface area contributed by atoms with Crippen LogP contribution in [-0.4, -0.2) is 9.78 Å². The monoisotopic (exact) mass is 304 g/mol. The van der Waals surface area contributed by atoms with Gasteiger partial charge in [-0.05, 0) is 47.3 Å². The number of hydrogen-bond acceptors (Lipinski definition) is 1. The van der Waals surface area contributed by atoms with Crippen molar-refractivity contribution in [1.29, 1.82) is 0 Å². The third-order valence-electron chi connectivity index (χ3n) is 3.18. The molecule has 0 amide bonds. The Balaban J connectivity index is 1.86. The highest BCUT2D eigenvalue weighted by atomic mass is 127. The van der Waals surface area contributed by atoms with Gasteiger partial charge in [-0.3, -0.25) is 4.68 Å². The van der Waals surface area contributed by atoms with Gasteiger partial charge in [-0.1, -0.05) is 19.8 Å². The van der Waals surface area contributed by atoms with Gasteiger partial charge in [-0.15, -0.1) is 0 Å². The number of rotatable bonds is 2. The molecule has 1 saturated carbocycles. The van der Waals surface area contributed by atoms with Crippen molar-refractivity contribution in [3.05, 3.63) is 16.0 Å². The van der Waals surface area contributed by atoms with Gasteiger partial charge in [0.25, 0.3) is 0 Å². The highest BCUT2D eigenvalue weighted by Gasteiger charge is 2.18. The Morgan fingerprint density at radius 2 is 2.14 bits per heavy atom. The van der Waals surface area contributed by atoms with Crippen molar-refractivity contribution in [2.24, 2.45) is 11.8 Å². The van der Waals surface area contributed by atoms with Crippen LogP contribution in [0, 0.1) is 15.4 Å². The lowest BCUT2D eigenvalue weighted by atomic mass is 9.83. The second-order valence-corrected chi connectivity index (χ2v) is 5.75. The smallest absolute Gasteiger partial charge is 0.0623 e. The van der Waals surface area contributed by atoms with Crippen molar-refractivity contribution >= 4 is 22.6 Å². The lowest BCUT2D eigenvalue weighted by Gasteiger charge is -2.25. The third-order valence-corrected chi connectivity index (χ3v) is 3.74. The average molecular weight is 304 g/mol. The summed E-state index contributed by atoms with van der Waals surface area (Å²) in [5.74, 6) is 1.81. The Bertz CT molecular complexity index is 287. The topological polar surface area (TPSA) is 17.8 Å². The van der Waals surface area contributed by atoms with Gasteiger partial charge < -0.3 is 0 Å². The molecular weight excluding hydrogens is 287 g/mol. The zero-order valence-electron chi connectivity index (χ0n) is 8.62. The van der Waals surface area contributed by atoms with Crippen LogP contribution in [0.25, 0.3) is 0 Å². The maximum absolute atomic E-state index is 4.34. The molecule has 2 rings (SSSR count). The molecule has 1 aliphatic carbocycles. The van der Waals surface area contributed by atoms with E-state index in [0.717, 1.165) is 18.4 Å². The number of halogens is 1. The third kappa shape index (κ3) is 2.72. The van der Waals surface area contributed by atoms with E-state index in [9.17, 15) is 0 Å². The van der Waals surface area contributed by atoms with Crippen molar-refractivity contribution < 1.29 is 0 Å². The fraction of sp³-hybridized carbons (Fsp3) is 0.727. The summed E-state index contributed by atoms with van der Waals surface area (Å²) in [6.45, 7) is 3.49. The summed E-state index contributed by atoms with van der Waals surface area (Å²) in [5.41, 5.74) is 0. The summed E-state index contributed by atoms with van der Waals surface area (Å²) in [6.07, 6.45) is 9.66. The number of hydrogen-bond donors (Lipinski definition) is 0. The van der Waals surface area contributed by atoms with Gasteiger partial charge in [-0.25, -0.2) is 0 Å². The normalized spacial score (nSPS) is 27.9. The average Bonchev–Trinajstić information content (AvgIpc) is 2.56. The first-order valence-electron chi connectivity index (χ1n) is 5.42. The largest absolute Gasteiger partial charge is 0.271 e. The first kappa shape index (κ1) is 10.5. The van der Waals surface area contributed by atoms with Crippen LogP contribution in [0.4, 0.5) is 0 Å². The SMILES string of the molecule is CC1CCC(Cn2cc(I)cn2)CC1. The predicted octanol–water partition coefficient (Wildman–Crippen LogP) is 3.31.